The van der Waals surface area contributed by atoms with Gasteiger partial charge in [-0.25, -0.2) is 4.79 Å². The molecule has 0 fully saturated rings. The lowest BCUT2D eigenvalue weighted by Gasteiger charge is -2.19. The van der Waals surface area contributed by atoms with E-state index in [2.05, 4.69) is 0 Å². The molecule has 1 aromatic heterocycles. The maximum atomic E-state index is 12.7. The normalized spacial score (nSPS) is 12.2. The van der Waals surface area contributed by atoms with Crippen molar-refractivity contribution < 1.29 is 19.1 Å². The first-order valence-electron chi connectivity index (χ1n) is 7.30. The molecule has 0 aliphatic heterocycles. The molecule has 6 heteroatoms. The lowest BCUT2D eigenvalue weighted by atomic mass is 9.91. The van der Waals surface area contributed by atoms with Gasteiger partial charge in [0, 0.05) is 23.4 Å². The third-order valence-electron chi connectivity index (χ3n) is 3.79. The van der Waals surface area contributed by atoms with Crippen LogP contribution in [-0.2, 0) is 0 Å². The zero-order valence-corrected chi connectivity index (χ0v) is 14.6. The SMILES string of the molecule is CCC(CN(C)C)C(=O)c1cc2cc(C(=O)O)oc2cc1C.Cl. The molecule has 1 unspecified atom stereocenters. The van der Waals surface area contributed by atoms with Crippen LogP contribution in [0.2, 0.25) is 0 Å². The van der Waals surface area contributed by atoms with Crippen molar-refractivity contribution in [2.45, 2.75) is 20.3 Å². The van der Waals surface area contributed by atoms with Gasteiger partial charge in [-0.2, -0.15) is 0 Å². The first-order valence-corrected chi connectivity index (χ1v) is 7.30. The third kappa shape index (κ3) is 4.12. The Bertz CT molecular complexity index is 721. The molecule has 1 N–H and O–H groups in total. The van der Waals surface area contributed by atoms with E-state index in [4.69, 9.17) is 9.52 Å². The highest BCUT2D eigenvalue weighted by Crippen LogP contribution is 2.26. The number of hydrogen-bond acceptors (Lipinski definition) is 4. The van der Waals surface area contributed by atoms with E-state index in [0.29, 0.717) is 23.1 Å². The van der Waals surface area contributed by atoms with Gasteiger partial charge in [0.05, 0.1) is 0 Å². The number of fused-ring (bicyclic) bond motifs is 1. The molecule has 1 aromatic carbocycles. The van der Waals surface area contributed by atoms with Gasteiger partial charge < -0.3 is 14.4 Å². The highest BCUT2D eigenvalue weighted by molar-refractivity contribution is 6.03. The summed E-state index contributed by atoms with van der Waals surface area (Å²) in [6, 6.07) is 4.93. The molecule has 23 heavy (non-hydrogen) atoms. The summed E-state index contributed by atoms with van der Waals surface area (Å²) in [4.78, 5) is 25.7. The summed E-state index contributed by atoms with van der Waals surface area (Å²) in [5, 5.41) is 9.64. The fraction of sp³-hybridized carbons (Fsp3) is 0.412. The van der Waals surface area contributed by atoms with Crippen molar-refractivity contribution in [2.75, 3.05) is 20.6 Å². The van der Waals surface area contributed by atoms with E-state index in [0.717, 1.165) is 12.0 Å². The van der Waals surface area contributed by atoms with Crippen molar-refractivity contribution in [3.63, 3.8) is 0 Å². The van der Waals surface area contributed by atoms with E-state index in [1.54, 1.807) is 12.1 Å². The first kappa shape index (κ1) is 19.2. The summed E-state index contributed by atoms with van der Waals surface area (Å²) in [7, 11) is 3.89. The second-order valence-corrected chi connectivity index (χ2v) is 5.85. The molecule has 0 aliphatic carbocycles. The number of furan rings is 1. The number of nitrogens with zero attached hydrogens (tertiary/aromatic N) is 1. The Labute approximate surface area is 141 Å². The van der Waals surface area contributed by atoms with E-state index in [1.165, 1.54) is 6.07 Å². The van der Waals surface area contributed by atoms with E-state index in [1.807, 2.05) is 32.8 Å². The number of Topliss-reactive ketones (excluding diaryl/α,β-unsaturated/α-hetero) is 1. The summed E-state index contributed by atoms with van der Waals surface area (Å²) < 4.78 is 5.28. The highest BCUT2D eigenvalue weighted by Gasteiger charge is 2.22. The Balaban J connectivity index is 0.00000264. The second-order valence-electron chi connectivity index (χ2n) is 5.85. The minimum Gasteiger partial charge on any atom is -0.475 e. The van der Waals surface area contributed by atoms with Crippen LogP contribution in [0.5, 0.6) is 0 Å². The summed E-state index contributed by atoms with van der Waals surface area (Å²) in [5.74, 6) is -1.20. The Morgan fingerprint density at radius 3 is 2.43 bits per heavy atom. The topological polar surface area (TPSA) is 70.8 Å². The van der Waals surface area contributed by atoms with Gasteiger partial charge in [-0.3, -0.25) is 4.79 Å². The molecule has 5 nitrogen and oxygen atoms in total. The van der Waals surface area contributed by atoms with Gasteiger partial charge in [0.15, 0.2) is 5.78 Å². The van der Waals surface area contributed by atoms with Crippen molar-refractivity contribution in [1.82, 2.24) is 4.90 Å². The van der Waals surface area contributed by atoms with Gasteiger partial charge >= 0.3 is 5.97 Å². The number of benzene rings is 1. The Hall–Kier alpha value is -1.85. The lowest BCUT2D eigenvalue weighted by Crippen LogP contribution is -2.27. The molecule has 0 amide bonds. The predicted octanol–water partition coefficient (Wildman–Crippen LogP) is 3.63. The highest BCUT2D eigenvalue weighted by atomic mass is 35.5. The van der Waals surface area contributed by atoms with Crippen LogP contribution >= 0.6 is 12.4 Å². The smallest absolute Gasteiger partial charge is 0.371 e. The van der Waals surface area contributed by atoms with E-state index >= 15 is 0 Å². The van der Waals surface area contributed by atoms with Crippen LogP contribution in [0.1, 0.15) is 39.8 Å². The number of carbonyl (C=O) groups excluding carboxylic acids is 1. The number of halogens is 1. The molecule has 0 saturated carbocycles. The molecular weight excluding hydrogens is 318 g/mol. The minimum atomic E-state index is -1.11. The summed E-state index contributed by atoms with van der Waals surface area (Å²) in [5.41, 5.74) is 1.94. The van der Waals surface area contributed by atoms with Crippen LogP contribution < -0.4 is 0 Å². The minimum absolute atomic E-state index is 0. The number of carbonyl (C=O) groups is 2. The van der Waals surface area contributed by atoms with Crippen molar-refractivity contribution in [2.24, 2.45) is 5.92 Å². The predicted molar refractivity (Wildman–Crippen MR) is 91.8 cm³/mol. The standard InChI is InChI=1S/C17H21NO4.ClH/c1-5-11(9-18(3)4)16(19)13-7-12-8-15(17(20)21)22-14(12)6-10(13)2;/h6-8,11H,5,9H2,1-4H3,(H,20,21);1H. The molecule has 0 spiro atoms. The molecule has 1 atom stereocenters. The van der Waals surface area contributed by atoms with Gasteiger partial charge in [-0.05, 0) is 51.2 Å². The molecule has 0 radical (unpaired) electrons. The van der Waals surface area contributed by atoms with Gasteiger partial charge in [0.25, 0.3) is 0 Å². The van der Waals surface area contributed by atoms with Crippen molar-refractivity contribution in [3.8, 4) is 0 Å². The Morgan fingerprint density at radius 1 is 1.26 bits per heavy atom. The summed E-state index contributed by atoms with van der Waals surface area (Å²) >= 11 is 0. The number of carboxylic acid groups (broad SMARTS) is 1. The van der Waals surface area contributed by atoms with Gasteiger partial charge in [0.2, 0.25) is 5.76 Å². The molecule has 126 valence electrons. The zero-order chi connectivity index (χ0) is 16.4. The largest absolute Gasteiger partial charge is 0.475 e. The quantitative estimate of drug-likeness (QED) is 0.814. The van der Waals surface area contributed by atoms with Crippen molar-refractivity contribution in [1.29, 1.82) is 0 Å². The molecule has 0 bridgehead atoms. The molecule has 0 saturated heterocycles. The van der Waals surface area contributed by atoms with Gasteiger partial charge in [-0.1, -0.05) is 6.92 Å². The molecule has 1 heterocycles. The maximum absolute atomic E-state index is 12.7. The van der Waals surface area contributed by atoms with Crippen LogP contribution in [0.4, 0.5) is 0 Å². The average molecular weight is 340 g/mol. The third-order valence-corrected chi connectivity index (χ3v) is 3.79. The fourth-order valence-electron chi connectivity index (χ4n) is 2.62. The van der Waals surface area contributed by atoms with Crippen LogP contribution in [0.15, 0.2) is 22.6 Å². The molecule has 2 rings (SSSR count). The van der Waals surface area contributed by atoms with Crippen LogP contribution in [0.3, 0.4) is 0 Å². The van der Waals surface area contributed by atoms with Crippen LogP contribution in [0, 0.1) is 12.8 Å². The summed E-state index contributed by atoms with van der Waals surface area (Å²) in [6.07, 6.45) is 0.764. The molecule has 2 aromatic rings. The van der Waals surface area contributed by atoms with E-state index < -0.39 is 5.97 Å². The Morgan fingerprint density at radius 2 is 1.91 bits per heavy atom. The number of aryl methyl sites for hydroxylation is 1. The van der Waals surface area contributed by atoms with Crippen molar-refractivity contribution >= 4 is 35.1 Å². The molecular formula is C17H22ClNO4. The zero-order valence-electron chi connectivity index (χ0n) is 13.8. The monoisotopic (exact) mass is 339 g/mol. The number of aromatic carboxylic acids is 1. The number of hydrogen-bond donors (Lipinski definition) is 1. The molecule has 0 aliphatic rings. The Kier molecular flexibility index (Phi) is 6.36. The number of carboxylic acids is 1. The maximum Gasteiger partial charge on any atom is 0.371 e. The second kappa shape index (κ2) is 7.62. The van der Waals surface area contributed by atoms with Crippen LogP contribution in [-0.4, -0.2) is 42.4 Å². The van der Waals surface area contributed by atoms with Gasteiger partial charge in [0.1, 0.15) is 5.58 Å². The van der Waals surface area contributed by atoms with Gasteiger partial charge in [-0.15, -0.1) is 12.4 Å². The van der Waals surface area contributed by atoms with Crippen molar-refractivity contribution in [3.05, 3.63) is 35.1 Å². The summed E-state index contributed by atoms with van der Waals surface area (Å²) in [6.45, 7) is 4.54. The fourth-order valence-corrected chi connectivity index (χ4v) is 2.62. The van der Waals surface area contributed by atoms with E-state index in [-0.39, 0.29) is 29.9 Å². The number of ketones is 1. The number of rotatable bonds is 6. The average Bonchev–Trinajstić information content (AvgIpc) is 2.85. The van der Waals surface area contributed by atoms with E-state index in [9.17, 15) is 9.59 Å². The lowest BCUT2D eigenvalue weighted by molar-refractivity contribution is 0.0664. The van der Waals surface area contributed by atoms with Crippen LogP contribution in [0.25, 0.3) is 11.0 Å². The first-order chi connectivity index (χ1) is 10.3.